The maximum atomic E-state index is 11.9. The normalized spacial score (nSPS) is 27.7. The highest BCUT2D eigenvalue weighted by Crippen LogP contribution is 2.25. The summed E-state index contributed by atoms with van der Waals surface area (Å²) in [6.07, 6.45) is 2.39. The van der Waals surface area contributed by atoms with Gasteiger partial charge in [-0.2, -0.15) is 0 Å². The molecule has 0 unspecified atom stereocenters. The molecule has 2 aliphatic rings. The molecule has 1 N–H and O–H groups in total. The molecule has 1 saturated heterocycles. The number of carbonyl (C=O) groups excluding carboxylic acids is 1. The fraction of sp³-hybridized carbons (Fsp3) is 0.909. The lowest BCUT2D eigenvalue weighted by Gasteiger charge is -2.34. The van der Waals surface area contributed by atoms with Gasteiger partial charge >= 0.3 is 0 Å². The molecule has 1 saturated carbocycles. The lowest BCUT2D eigenvalue weighted by atomic mass is 10.2. The van der Waals surface area contributed by atoms with Crippen LogP contribution in [-0.2, 0) is 4.79 Å². The van der Waals surface area contributed by atoms with Gasteiger partial charge in [0, 0.05) is 38.8 Å². The van der Waals surface area contributed by atoms with E-state index in [1.54, 1.807) is 0 Å². The lowest BCUT2D eigenvalue weighted by molar-refractivity contribution is -0.132. The van der Waals surface area contributed by atoms with Gasteiger partial charge in [-0.05, 0) is 19.8 Å². The first-order valence-electron chi connectivity index (χ1n) is 5.89. The number of amides is 1. The van der Waals surface area contributed by atoms with Crippen molar-refractivity contribution in [1.29, 1.82) is 0 Å². The quantitative estimate of drug-likeness (QED) is 0.708. The number of carbonyl (C=O) groups is 1. The molecule has 0 aromatic carbocycles. The van der Waals surface area contributed by atoms with Gasteiger partial charge < -0.3 is 10.2 Å². The fourth-order valence-electron chi connectivity index (χ4n) is 2.07. The summed E-state index contributed by atoms with van der Waals surface area (Å²) in [5, 5.41) is 3.34. The zero-order chi connectivity index (χ0) is 10.8. The second-order valence-electron chi connectivity index (χ2n) is 4.76. The van der Waals surface area contributed by atoms with Crippen molar-refractivity contribution < 1.29 is 4.79 Å². The van der Waals surface area contributed by atoms with Gasteiger partial charge in [-0.25, -0.2) is 0 Å². The molecule has 0 aromatic heterocycles. The summed E-state index contributed by atoms with van der Waals surface area (Å²) in [6.45, 7) is 5.77. The lowest BCUT2D eigenvalue weighted by Crippen LogP contribution is -2.53. The summed E-state index contributed by atoms with van der Waals surface area (Å²) in [5.74, 6) is 0.284. The Hall–Kier alpha value is -0.610. The Labute approximate surface area is 91.6 Å². The monoisotopic (exact) mass is 211 g/mol. The summed E-state index contributed by atoms with van der Waals surface area (Å²) in [5.41, 5.74) is 0. The molecule has 0 bridgehead atoms. The Morgan fingerprint density at radius 2 is 2.27 bits per heavy atom. The Morgan fingerprint density at radius 3 is 2.87 bits per heavy atom. The molecule has 2 fully saturated rings. The first-order valence-corrected chi connectivity index (χ1v) is 5.89. The molecule has 2 rings (SSSR count). The molecule has 1 aliphatic heterocycles. The van der Waals surface area contributed by atoms with Crippen LogP contribution in [-0.4, -0.2) is 61.0 Å². The first-order chi connectivity index (χ1) is 7.18. The fourth-order valence-corrected chi connectivity index (χ4v) is 2.07. The summed E-state index contributed by atoms with van der Waals surface area (Å²) < 4.78 is 0. The smallest absolute Gasteiger partial charge is 0.236 e. The molecule has 1 atom stereocenters. The second-order valence-corrected chi connectivity index (χ2v) is 4.76. The van der Waals surface area contributed by atoms with Crippen LogP contribution in [0.25, 0.3) is 0 Å². The molecular weight excluding hydrogens is 190 g/mol. The SMILES string of the molecule is C[C@@H]1CNCCN1CC(=O)N(C)C1CC1. The minimum atomic E-state index is 0.284. The van der Waals surface area contributed by atoms with Crippen molar-refractivity contribution in [2.75, 3.05) is 33.2 Å². The van der Waals surface area contributed by atoms with Crippen LogP contribution in [0, 0.1) is 0 Å². The van der Waals surface area contributed by atoms with Gasteiger partial charge in [0.25, 0.3) is 0 Å². The molecule has 1 amide bonds. The van der Waals surface area contributed by atoms with Crippen molar-refractivity contribution in [1.82, 2.24) is 15.1 Å². The van der Waals surface area contributed by atoms with Crippen LogP contribution < -0.4 is 5.32 Å². The molecule has 1 heterocycles. The van der Waals surface area contributed by atoms with E-state index in [4.69, 9.17) is 0 Å². The Kier molecular flexibility index (Phi) is 3.26. The zero-order valence-corrected chi connectivity index (χ0v) is 9.70. The zero-order valence-electron chi connectivity index (χ0n) is 9.70. The van der Waals surface area contributed by atoms with E-state index in [1.807, 2.05) is 11.9 Å². The average Bonchev–Trinajstić information content (AvgIpc) is 3.04. The molecule has 1 aliphatic carbocycles. The van der Waals surface area contributed by atoms with E-state index in [2.05, 4.69) is 17.1 Å². The van der Waals surface area contributed by atoms with E-state index in [1.165, 1.54) is 12.8 Å². The van der Waals surface area contributed by atoms with E-state index in [0.717, 1.165) is 19.6 Å². The summed E-state index contributed by atoms with van der Waals surface area (Å²) in [4.78, 5) is 16.1. The van der Waals surface area contributed by atoms with Crippen molar-refractivity contribution >= 4 is 5.91 Å². The summed E-state index contributed by atoms with van der Waals surface area (Å²) >= 11 is 0. The number of hydrogen-bond donors (Lipinski definition) is 1. The molecule has 0 aromatic rings. The third-order valence-corrected chi connectivity index (χ3v) is 3.47. The highest BCUT2D eigenvalue weighted by molar-refractivity contribution is 5.78. The van der Waals surface area contributed by atoms with Crippen molar-refractivity contribution in [2.45, 2.75) is 31.8 Å². The van der Waals surface area contributed by atoms with Crippen LogP contribution in [0.5, 0.6) is 0 Å². The van der Waals surface area contributed by atoms with Gasteiger partial charge in [0.05, 0.1) is 6.54 Å². The summed E-state index contributed by atoms with van der Waals surface area (Å²) in [6, 6.07) is 1.02. The van der Waals surface area contributed by atoms with Gasteiger partial charge in [0.1, 0.15) is 0 Å². The van der Waals surface area contributed by atoms with Gasteiger partial charge in [0.15, 0.2) is 0 Å². The van der Waals surface area contributed by atoms with E-state index in [9.17, 15) is 4.79 Å². The van der Waals surface area contributed by atoms with Gasteiger partial charge in [-0.15, -0.1) is 0 Å². The van der Waals surface area contributed by atoms with Crippen LogP contribution in [0.1, 0.15) is 19.8 Å². The molecule has 86 valence electrons. The second kappa shape index (κ2) is 4.49. The van der Waals surface area contributed by atoms with Crippen molar-refractivity contribution in [2.24, 2.45) is 0 Å². The standard InChI is InChI=1S/C11H21N3O/c1-9-7-12-5-6-14(9)8-11(15)13(2)10-3-4-10/h9-10,12H,3-8H2,1-2H3/t9-/m1/s1. The van der Waals surface area contributed by atoms with Crippen molar-refractivity contribution in [3.63, 3.8) is 0 Å². The average molecular weight is 211 g/mol. The third kappa shape index (κ3) is 2.69. The van der Waals surface area contributed by atoms with Crippen LogP contribution in [0.15, 0.2) is 0 Å². The van der Waals surface area contributed by atoms with E-state index >= 15 is 0 Å². The predicted octanol–water partition coefficient (Wildman–Crippen LogP) is -0.0991. The molecule has 0 spiro atoms. The van der Waals surface area contributed by atoms with Gasteiger partial charge in [-0.1, -0.05) is 0 Å². The maximum Gasteiger partial charge on any atom is 0.236 e. The van der Waals surface area contributed by atoms with Crippen molar-refractivity contribution in [3.8, 4) is 0 Å². The van der Waals surface area contributed by atoms with E-state index < -0.39 is 0 Å². The van der Waals surface area contributed by atoms with Crippen molar-refractivity contribution in [3.05, 3.63) is 0 Å². The van der Waals surface area contributed by atoms with Crippen LogP contribution in [0.2, 0.25) is 0 Å². The molecule has 4 nitrogen and oxygen atoms in total. The van der Waals surface area contributed by atoms with Crippen LogP contribution in [0.3, 0.4) is 0 Å². The number of piperazine rings is 1. The minimum Gasteiger partial charge on any atom is -0.342 e. The van der Waals surface area contributed by atoms with Gasteiger partial charge in [-0.3, -0.25) is 9.69 Å². The number of likely N-dealkylation sites (N-methyl/N-ethyl adjacent to an activating group) is 1. The number of nitrogens with one attached hydrogen (secondary N) is 1. The molecule has 4 heteroatoms. The Balaban J connectivity index is 1.81. The summed E-state index contributed by atoms with van der Waals surface area (Å²) in [7, 11) is 1.94. The predicted molar refractivity (Wildman–Crippen MR) is 59.7 cm³/mol. The van der Waals surface area contributed by atoms with Crippen LogP contribution in [0.4, 0.5) is 0 Å². The largest absolute Gasteiger partial charge is 0.342 e. The number of nitrogens with zero attached hydrogens (tertiary/aromatic N) is 2. The Morgan fingerprint density at radius 1 is 1.53 bits per heavy atom. The van der Waals surface area contributed by atoms with Crippen LogP contribution >= 0.6 is 0 Å². The van der Waals surface area contributed by atoms with Gasteiger partial charge in [0.2, 0.25) is 5.91 Å². The first kappa shape index (κ1) is 10.9. The Bertz CT molecular complexity index is 240. The topological polar surface area (TPSA) is 35.6 Å². The molecule has 0 radical (unpaired) electrons. The number of hydrogen-bond acceptors (Lipinski definition) is 3. The van der Waals surface area contributed by atoms with E-state index in [0.29, 0.717) is 18.6 Å². The molecule has 15 heavy (non-hydrogen) atoms. The highest BCUT2D eigenvalue weighted by Gasteiger charge is 2.31. The molecular formula is C11H21N3O. The number of rotatable bonds is 3. The highest BCUT2D eigenvalue weighted by atomic mass is 16.2. The maximum absolute atomic E-state index is 11.9. The third-order valence-electron chi connectivity index (χ3n) is 3.47. The minimum absolute atomic E-state index is 0.284. The van der Waals surface area contributed by atoms with E-state index in [-0.39, 0.29) is 5.91 Å².